The van der Waals surface area contributed by atoms with E-state index in [1.54, 1.807) is 0 Å². The van der Waals surface area contributed by atoms with Crippen molar-refractivity contribution in [3.8, 4) is 0 Å². The molecule has 7 rings (SSSR count). The molecule has 5 fully saturated rings. The Kier molecular flexibility index (Phi) is 4.29. The molecule has 3 aliphatic carbocycles. The number of aromatic nitrogens is 5. The van der Waals surface area contributed by atoms with Crippen molar-refractivity contribution in [3.63, 3.8) is 0 Å². The maximum Gasteiger partial charge on any atom is 0.452 e. The van der Waals surface area contributed by atoms with Crippen LogP contribution in [0.25, 0.3) is 0 Å². The summed E-state index contributed by atoms with van der Waals surface area (Å²) in [7, 11) is 0. The van der Waals surface area contributed by atoms with Crippen molar-refractivity contribution in [1.29, 1.82) is 0 Å². The highest BCUT2D eigenvalue weighted by Gasteiger charge is 2.58. The molecule has 0 unspecified atom stereocenters. The van der Waals surface area contributed by atoms with Gasteiger partial charge in [0.25, 0.3) is 0 Å². The third-order valence-electron chi connectivity index (χ3n) is 8.48. The van der Waals surface area contributed by atoms with Crippen LogP contribution in [0, 0.1) is 16.7 Å². The largest absolute Gasteiger partial charge is 0.452 e. The number of hydrogen-bond acceptors (Lipinski definition) is 6. The van der Waals surface area contributed by atoms with Crippen LogP contribution in [0.2, 0.25) is 0 Å². The Labute approximate surface area is 198 Å². The first-order valence-corrected chi connectivity index (χ1v) is 12.8. The van der Waals surface area contributed by atoms with Gasteiger partial charge < -0.3 is 9.80 Å². The van der Waals surface area contributed by atoms with E-state index < -0.39 is 12.0 Å². The maximum atomic E-state index is 12.9. The van der Waals surface area contributed by atoms with Crippen molar-refractivity contribution in [2.24, 2.45) is 16.7 Å². The highest BCUT2D eigenvalue weighted by molar-refractivity contribution is 7.05. The Hall–Kier alpha value is -2.24. The highest BCUT2D eigenvalue weighted by Crippen LogP contribution is 2.57. The Morgan fingerprint density at radius 3 is 2.24 bits per heavy atom. The summed E-state index contributed by atoms with van der Waals surface area (Å²) < 4.78 is 41.5. The average Bonchev–Trinajstić information content (AvgIpc) is 3.19. The molecule has 1 N–H and O–H groups in total. The Morgan fingerprint density at radius 1 is 1.00 bits per heavy atom. The molecule has 2 saturated heterocycles. The third-order valence-corrected chi connectivity index (χ3v) is 9.22. The molecule has 0 atom stereocenters. The van der Waals surface area contributed by atoms with E-state index in [4.69, 9.17) is 0 Å². The molecule has 5 aliphatic rings. The Bertz CT molecular complexity index is 1110. The zero-order valence-corrected chi connectivity index (χ0v) is 19.5. The van der Waals surface area contributed by atoms with Gasteiger partial charge in [-0.05, 0) is 56.0 Å². The van der Waals surface area contributed by atoms with Crippen molar-refractivity contribution in [2.45, 2.75) is 63.0 Å². The summed E-state index contributed by atoms with van der Waals surface area (Å²) in [6.45, 7) is 3.18. The summed E-state index contributed by atoms with van der Waals surface area (Å²) in [6.07, 6.45) is 2.52. The summed E-state index contributed by atoms with van der Waals surface area (Å²) in [4.78, 5) is 25.1. The average molecular weight is 494 g/mol. The number of rotatable bonds is 4. The first kappa shape index (κ1) is 21.1. The first-order valence-electron chi connectivity index (χ1n) is 12.1. The molecule has 4 heterocycles. The lowest BCUT2D eigenvalue weighted by Gasteiger charge is -2.63. The normalized spacial score (nSPS) is 25.7. The van der Waals surface area contributed by atoms with Crippen molar-refractivity contribution >= 4 is 17.6 Å². The fourth-order valence-corrected chi connectivity index (χ4v) is 7.47. The van der Waals surface area contributed by atoms with Gasteiger partial charge in [0.2, 0.25) is 5.82 Å². The second-order valence-electron chi connectivity index (χ2n) is 11.4. The predicted octanol–water partition coefficient (Wildman–Crippen LogP) is 3.81. The van der Waals surface area contributed by atoms with Crippen LogP contribution in [0.15, 0.2) is 0 Å². The van der Waals surface area contributed by atoms with Crippen molar-refractivity contribution in [1.82, 2.24) is 34.3 Å². The van der Waals surface area contributed by atoms with Gasteiger partial charge in [-0.2, -0.15) is 22.6 Å². The standard InChI is InChI=1S/C22H26F3N7OS/c23-22(24,25)18-26-15(34-30-18)3-12-4-20(5-12)8-31(9-20)19(33)32-10-21(11-32)6-14(7-21)17-27-16(28-29-17)13-1-2-13/h12-14H,1-11H2,(H,27,28,29). The van der Waals surface area contributed by atoms with Crippen LogP contribution in [0.4, 0.5) is 18.0 Å². The second kappa shape index (κ2) is 6.92. The topological polar surface area (TPSA) is 90.9 Å². The van der Waals surface area contributed by atoms with Gasteiger partial charge in [0.15, 0.2) is 5.82 Å². The summed E-state index contributed by atoms with van der Waals surface area (Å²) in [5, 5.41) is 7.98. The lowest BCUT2D eigenvalue weighted by molar-refractivity contribution is -0.144. The number of carbonyl (C=O) groups excluding carboxylic acids is 1. The molecular weight excluding hydrogens is 467 g/mol. The number of H-pyrrole nitrogens is 1. The summed E-state index contributed by atoms with van der Waals surface area (Å²) in [5.41, 5.74) is 0.411. The smallest absolute Gasteiger partial charge is 0.323 e. The number of amides is 2. The molecule has 2 spiro atoms. The number of aromatic amines is 1. The van der Waals surface area contributed by atoms with Crippen LogP contribution in [0.1, 0.15) is 72.8 Å². The molecular formula is C22H26F3N7OS. The minimum atomic E-state index is -4.48. The number of carbonyl (C=O) groups is 1. The van der Waals surface area contributed by atoms with Crippen LogP contribution in [-0.2, 0) is 12.6 Å². The van der Waals surface area contributed by atoms with Gasteiger partial charge in [0, 0.05) is 55.3 Å². The predicted molar refractivity (Wildman–Crippen MR) is 115 cm³/mol. The van der Waals surface area contributed by atoms with E-state index in [9.17, 15) is 18.0 Å². The number of likely N-dealkylation sites (tertiary alicyclic amines) is 2. The number of halogens is 3. The van der Waals surface area contributed by atoms with Gasteiger partial charge in [-0.3, -0.25) is 5.10 Å². The number of nitrogens with zero attached hydrogens (tertiary/aromatic N) is 6. The zero-order valence-electron chi connectivity index (χ0n) is 18.6. The molecule has 2 aromatic rings. The van der Waals surface area contributed by atoms with Gasteiger partial charge >= 0.3 is 12.2 Å². The van der Waals surface area contributed by atoms with Gasteiger partial charge in [-0.1, -0.05) is 0 Å². The van der Waals surface area contributed by atoms with E-state index >= 15 is 0 Å². The quantitative estimate of drug-likeness (QED) is 0.700. The van der Waals surface area contributed by atoms with E-state index in [0.717, 1.165) is 75.0 Å². The molecule has 2 aliphatic heterocycles. The molecule has 182 valence electrons. The zero-order chi connectivity index (χ0) is 23.3. The lowest BCUT2D eigenvalue weighted by Crippen LogP contribution is -2.70. The minimum absolute atomic E-state index is 0.135. The van der Waals surface area contributed by atoms with E-state index in [1.807, 2.05) is 9.80 Å². The second-order valence-corrected chi connectivity index (χ2v) is 12.3. The minimum Gasteiger partial charge on any atom is -0.323 e. The first-order chi connectivity index (χ1) is 16.2. The fraction of sp³-hybridized carbons (Fsp3) is 0.773. The van der Waals surface area contributed by atoms with Crippen LogP contribution in [0.3, 0.4) is 0 Å². The van der Waals surface area contributed by atoms with E-state index in [2.05, 4.69) is 24.5 Å². The van der Waals surface area contributed by atoms with Crippen molar-refractivity contribution in [2.75, 3.05) is 26.2 Å². The molecule has 0 aromatic carbocycles. The molecule has 12 heteroatoms. The summed E-state index contributed by atoms with van der Waals surface area (Å²) in [6, 6.07) is 0.135. The highest BCUT2D eigenvalue weighted by atomic mass is 32.1. The van der Waals surface area contributed by atoms with Crippen molar-refractivity contribution < 1.29 is 18.0 Å². The molecule has 34 heavy (non-hydrogen) atoms. The van der Waals surface area contributed by atoms with E-state index in [-0.39, 0.29) is 16.9 Å². The fourth-order valence-electron chi connectivity index (χ4n) is 6.70. The van der Waals surface area contributed by atoms with Crippen LogP contribution in [-0.4, -0.2) is 66.5 Å². The van der Waals surface area contributed by atoms with Crippen LogP contribution < -0.4 is 0 Å². The number of urea groups is 1. The molecule has 8 nitrogen and oxygen atoms in total. The number of nitrogens with one attached hydrogen (secondary N) is 1. The van der Waals surface area contributed by atoms with Gasteiger partial charge in [-0.15, -0.1) is 0 Å². The van der Waals surface area contributed by atoms with Crippen LogP contribution >= 0.6 is 11.5 Å². The SMILES string of the molecule is O=C(N1CC2(CC(Cc3nc(C(F)(F)F)ns3)C2)C1)N1CC2(CC(c3n[nH]c(C4CC4)n3)C2)C1. The van der Waals surface area contributed by atoms with Gasteiger partial charge in [-0.25, -0.2) is 14.8 Å². The Balaban J connectivity index is 0.844. The Morgan fingerprint density at radius 2 is 1.65 bits per heavy atom. The van der Waals surface area contributed by atoms with Crippen LogP contribution in [0.5, 0.6) is 0 Å². The lowest BCUT2D eigenvalue weighted by atomic mass is 9.56. The molecule has 0 radical (unpaired) electrons. The molecule has 2 amide bonds. The summed E-state index contributed by atoms with van der Waals surface area (Å²) in [5.74, 6) is 2.30. The number of hydrogen-bond donors (Lipinski definition) is 1. The molecule has 3 saturated carbocycles. The van der Waals surface area contributed by atoms with Gasteiger partial charge in [0.05, 0.1) is 0 Å². The number of alkyl halides is 3. The maximum absolute atomic E-state index is 12.9. The molecule has 2 aromatic heterocycles. The summed E-state index contributed by atoms with van der Waals surface area (Å²) >= 11 is 0.849. The monoisotopic (exact) mass is 493 g/mol. The van der Waals surface area contributed by atoms with E-state index in [0.29, 0.717) is 29.2 Å². The van der Waals surface area contributed by atoms with Crippen molar-refractivity contribution in [3.05, 3.63) is 22.5 Å². The molecule has 0 bridgehead atoms. The third kappa shape index (κ3) is 3.43. The van der Waals surface area contributed by atoms with Gasteiger partial charge in [0.1, 0.15) is 10.8 Å². The van der Waals surface area contributed by atoms with E-state index in [1.165, 1.54) is 12.8 Å².